The van der Waals surface area contributed by atoms with Gasteiger partial charge in [0.2, 0.25) is 5.95 Å². The van der Waals surface area contributed by atoms with E-state index < -0.39 is 5.82 Å². The number of nitrogens with zero attached hydrogens (tertiary/aromatic N) is 5. The summed E-state index contributed by atoms with van der Waals surface area (Å²) in [7, 11) is 0. The van der Waals surface area contributed by atoms with Gasteiger partial charge in [0.05, 0.1) is 6.20 Å². The summed E-state index contributed by atoms with van der Waals surface area (Å²) >= 11 is 0. The number of nitrogen functional groups attached to an aromatic ring is 1. The Hall–Kier alpha value is -2.05. The Bertz CT molecular complexity index is 411. The zero-order valence-corrected chi connectivity index (χ0v) is 6.42. The second-order valence-corrected chi connectivity index (χ2v) is 2.24. The monoisotopic (exact) mass is 180 g/mol. The lowest BCUT2D eigenvalue weighted by Crippen LogP contribution is -2.05. The van der Waals surface area contributed by atoms with Gasteiger partial charge < -0.3 is 5.73 Å². The van der Waals surface area contributed by atoms with Crippen LogP contribution in [-0.4, -0.2) is 24.7 Å². The predicted octanol–water partition coefficient (Wildman–Crippen LogP) is -0.221. The third-order valence-electron chi connectivity index (χ3n) is 1.38. The molecular weight excluding hydrogens is 175 g/mol. The van der Waals surface area contributed by atoms with Crippen molar-refractivity contribution in [1.29, 1.82) is 0 Å². The molecule has 2 aromatic heterocycles. The minimum Gasteiger partial charge on any atom is -0.368 e. The van der Waals surface area contributed by atoms with Gasteiger partial charge in [0.25, 0.3) is 0 Å². The Morgan fingerprint density at radius 3 is 3.00 bits per heavy atom. The molecule has 0 unspecified atom stereocenters. The minimum absolute atomic E-state index is 0.00750. The molecule has 0 amide bonds. The summed E-state index contributed by atoms with van der Waals surface area (Å²) in [5.41, 5.74) is 5.28. The molecule has 0 radical (unpaired) electrons. The first-order valence-corrected chi connectivity index (χ1v) is 3.40. The summed E-state index contributed by atoms with van der Waals surface area (Å²) < 4.78 is 14.2. The Labute approximate surface area is 72.3 Å². The van der Waals surface area contributed by atoms with Crippen molar-refractivity contribution in [3.8, 4) is 5.82 Å². The van der Waals surface area contributed by atoms with Crippen molar-refractivity contribution in [1.82, 2.24) is 24.7 Å². The van der Waals surface area contributed by atoms with E-state index in [-0.39, 0.29) is 11.8 Å². The van der Waals surface area contributed by atoms with E-state index in [9.17, 15) is 4.39 Å². The van der Waals surface area contributed by atoms with Crippen LogP contribution in [0.2, 0.25) is 0 Å². The van der Waals surface area contributed by atoms with Gasteiger partial charge in [-0.3, -0.25) is 0 Å². The van der Waals surface area contributed by atoms with Crippen molar-refractivity contribution in [2.45, 2.75) is 0 Å². The van der Waals surface area contributed by atoms with Crippen LogP contribution in [0.1, 0.15) is 0 Å². The van der Waals surface area contributed by atoms with E-state index in [0.717, 1.165) is 6.20 Å². The lowest BCUT2D eigenvalue weighted by atomic mass is 10.5. The Morgan fingerprint density at radius 1 is 1.46 bits per heavy atom. The van der Waals surface area contributed by atoms with Crippen LogP contribution in [0.15, 0.2) is 18.9 Å². The molecule has 0 aliphatic carbocycles. The van der Waals surface area contributed by atoms with Crippen LogP contribution in [-0.2, 0) is 0 Å². The molecular formula is C6H5FN6. The van der Waals surface area contributed by atoms with Crippen molar-refractivity contribution >= 4 is 5.95 Å². The van der Waals surface area contributed by atoms with Gasteiger partial charge in [-0.2, -0.15) is 14.8 Å². The number of aromatic nitrogens is 5. The van der Waals surface area contributed by atoms with Gasteiger partial charge in [0.15, 0.2) is 11.6 Å². The van der Waals surface area contributed by atoms with Crippen molar-refractivity contribution < 1.29 is 4.39 Å². The number of rotatable bonds is 1. The Balaban J connectivity index is 2.57. The van der Waals surface area contributed by atoms with Crippen LogP contribution in [0.3, 0.4) is 0 Å². The Morgan fingerprint density at radius 2 is 2.31 bits per heavy atom. The molecule has 2 aromatic rings. The number of hydrogen-bond donors (Lipinski definition) is 1. The maximum Gasteiger partial charge on any atom is 0.222 e. The van der Waals surface area contributed by atoms with Gasteiger partial charge in [0, 0.05) is 0 Å². The topological polar surface area (TPSA) is 82.5 Å². The SMILES string of the molecule is Nc1ncc(F)c(-n2cncn2)n1. The van der Waals surface area contributed by atoms with Crippen LogP contribution < -0.4 is 5.73 Å². The molecule has 0 spiro atoms. The van der Waals surface area contributed by atoms with Gasteiger partial charge in [-0.05, 0) is 0 Å². The second-order valence-electron chi connectivity index (χ2n) is 2.24. The van der Waals surface area contributed by atoms with Crippen molar-refractivity contribution in [3.05, 3.63) is 24.7 Å². The standard InChI is InChI=1S/C6H5FN6/c7-4-1-10-6(8)12-5(4)13-3-9-2-11-13/h1-3H,(H2,8,10,12). The molecule has 0 saturated heterocycles. The average Bonchev–Trinajstić information content (AvgIpc) is 2.61. The van der Waals surface area contributed by atoms with E-state index in [2.05, 4.69) is 20.1 Å². The van der Waals surface area contributed by atoms with Crippen LogP contribution in [0.4, 0.5) is 10.3 Å². The fourth-order valence-corrected chi connectivity index (χ4v) is 0.850. The van der Waals surface area contributed by atoms with Gasteiger partial charge in [-0.15, -0.1) is 0 Å². The summed E-state index contributed by atoms with van der Waals surface area (Å²) in [6.45, 7) is 0. The van der Waals surface area contributed by atoms with Crippen LogP contribution in [0.25, 0.3) is 5.82 Å². The molecule has 66 valence electrons. The third kappa shape index (κ3) is 1.31. The highest BCUT2D eigenvalue weighted by Crippen LogP contribution is 2.07. The van der Waals surface area contributed by atoms with E-state index >= 15 is 0 Å². The van der Waals surface area contributed by atoms with E-state index in [1.165, 1.54) is 17.3 Å². The van der Waals surface area contributed by atoms with Crippen molar-refractivity contribution in [3.63, 3.8) is 0 Å². The highest BCUT2D eigenvalue weighted by molar-refractivity contribution is 5.27. The number of nitrogens with two attached hydrogens (primary N) is 1. The first-order chi connectivity index (χ1) is 6.27. The van der Waals surface area contributed by atoms with E-state index in [1.807, 2.05) is 0 Å². The quantitative estimate of drug-likeness (QED) is 0.655. The third-order valence-corrected chi connectivity index (χ3v) is 1.38. The van der Waals surface area contributed by atoms with Gasteiger partial charge in [-0.25, -0.2) is 14.4 Å². The lowest BCUT2D eigenvalue weighted by molar-refractivity contribution is 0.594. The maximum atomic E-state index is 13.1. The first kappa shape index (κ1) is 7.59. The molecule has 0 fully saturated rings. The van der Waals surface area contributed by atoms with Crippen molar-refractivity contribution in [2.24, 2.45) is 0 Å². The highest BCUT2D eigenvalue weighted by Gasteiger charge is 2.07. The molecule has 6 nitrogen and oxygen atoms in total. The summed E-state index contributed by atoms with van der Waals surface area (Å²) in [5.74, 6) is -0.614. The highest BCUT2D eigenvalue weighted by atomic mass is 19.1. The van der Waals surface area contributed by atoms with Crippen LogP contribution in [0.5, 0.6) is 0 Å². The number of hydrogen-bond acceptors (Lipinski definition) is 5. The maximum absolute atomic E-state index is 13.1. The molecule has 0 aliphatic rings. The zero-order chi connectivity index (χ0) is 9.26. The normalized spacial score (nSPS) is 10.2. The largest absolute Gasteiger partial charge is 0.368 e. The fraction of sp³-hybridized carbons (Fsp3) is 0. The van der Waals surface area contributed by atoms with E-state index in [0.29, 0.717) is 0 Å². The molecule has 2 rings (SSSR count). The first-order valence-electron chi connectivity index (χ1n) is 3.40. The predicted molar refractivity (Wildman–Crippen MR) is 41.3 cm³/mol. The molecule has 0 bridgehead atoms. The average molecular weight is 180 g/mol. The van der Waals surface area contributed by atoms with Gasteiger partial charge >= 0.3 is 0 Å². The van der Waals surface area contributed by atoms with Crippen molar-refractivity contribution in [2.75, 3.05) is 5.73 Å². The fourth-order valence-electron chi connectivity index (χ4n) is 0.850. The second kappa shape index (κ2) is 2.77. The molecule has 0 aromatic carbocycles. The smallest absolute Gasteiger partial charge is 0.222 e. The number of halogens is 1. The summed E-state index contributed by atoms with van der Waals surface area (Å²) in [5, 5.41) is 3.71. The zero-order valence-electron chi connectivity index (χ0n) is 6.42. The van der Waals surface area contributed by atoms with E-state index in [1.54, 1.807) is 0 Å². The molecule has 2 N–H and O–H groups in total. The lowest BCUT2D eigenvalue weighted by Gasteiger charge is -2.00. The molecule has 2 heterocycles. The number of anilines is 1. The van der Waals surface area contributed by atoms with Crippen LogP contribution >= 0.6 is 0 Å². The minimum atomic E-state index is -0.597. The molecule has 0 saturated carbocycles. The van der Waals surface area contributed by atoms with E-state index in [4.69, 9.17) is 5.73 Å². The molecule has 13 heavy (non-hydrogen) atoms. The molecule has 0 aliphatic heterocycles. The van der Waals surface area contributed by atoms with Gasteiger partial charge in [-0.1, -0.05) is 0 Å². The molecule has 0 atom stereocenters. The summed E-state index contributed by atoms with van der Waals surface area (Å²) in [6.07, 6.45) is 3.59. The summed E-state index contributed by atoms with van der Waals surface area (Å²) in [6, 6.07) is 0. The molecule has 7 heteroatoms. The Kier molecular flexibility index (Phi) is 1.62. The summed E-state index contributed by atoms with van der Waals surface area (Å²) in [4.78, 5) is 10.8. The van der Waals surface area contributed by atoms with Crippen LogP contribution in [0, 0.1) is 5.82 Å². The van der Waals surface area contributed by atoms with Gasteiger partial charge in [0.1, 0.15) is 12.7 Å².